The summed E-state index contributed by atoms with van der Waals surface area (Å²) in [4.78, 5) is 14.8. The van der Waals surface area contributed by atoms with Crippen LogP contribution in [0.3, 0.4) is 0 Å². The number of amides is 1. The van der Waals surface area contributed by atoms with Gasteiger partial charge in [-0.3, -0.25) is 4.79 Å². The summed E-state index contributed by atoms with van der Waals surface area (Å²) in [6, 6.07) is 8.81. The minimum absolute atomic E-state index is 0.00949. The van der Waals surface area contributed by atoms with Crippen molar-refractivity contribution in [3.8, 4) is 0 Å². The fourth-order valence-electron chi connectivity index (χ4n) is 2.90. The lowest BCUT2D eigenvalue weighted by atomic mass is 10.0. The maximum Gasteiger partial charge on any atom is 0.240 e. The first kappa shape index (κ1) is 13.0. The Morgan fingerprint density at radius 2 is 2.26 bits per heavy atom. The van der Waals surface area contributed by atoms with E-state index in [1.54, 1.807) is 11.8 Å². The van der Waals surface area contributed by atoms with E-state index >= 15 is 0 Å². The molecule has 0 bridgehead atoms. The number of benzene rings is 1. The smallest absolute Gasteiger partial charge is 0.240 e. The SMILES string of the molecule is CC1CN(C(=O)C2SCCc3ccccc32)CCN1. The summed E-state index contributed by atoms with van der Waals surface area (Å²) in [5.74, 6) is 1.35. The van der Waals surface area contributed by atoms with Gasteiger partial charge in [0, 0.05) is 25.7 Å². The molecule has 2 aliphatic rings. The maximum absolute atomic E-state index is 12.7. The van der Waals surface area contributed by atoms with Crippen LogP contribution in [0.1, 0.15) is 23.3 Å². The van der Waals surface area contributed by atoms with E-state index in [0.717, 1.165) is 31.8 Å². The normalized spacial score (nSPS) is 26.9. The Morgan fingerprint density at radius 1 is 1.42 bits per heavy atom. The number of piperazine rings is 1. The van der Waals surface area contributed by atoms with Crippen LogP contribution in [-0.2, 0) is 11.2 Å². The van der Waals surface area contributed by atoms with Crippen LogP contribution in [0.4, 0.5) is 0 Å². The Kier molecular flexibility index (Phi) is 3.80. The van der Waals surface area contributed by atoms with Gasteiger partial charge in [0.05, 0.1) is 0 Å². The number of carbonyl (C=O) groups excluding carboxylic acids is 1. The molecule has 2 heterocycles. The summed E-state index contributed by atoms with van der Waals surface area (Å²) >= 11 is 1.80. The number of nitrogens with one attached hydrogen (secondary N) is 1. The molecule has 0 saturated carbocycles. The molecule has 1 N–H and O–H groups in total. The van der Waals surface area contributed by atoms with Crippen molar-refractivity contribution >= 4 is 17.7 Å². The standard InChI is InChI=1S/C15H20N2OS/c1-11-10-17(8-7-16-11)15(18)14-13-5-3-2-4-12(13)6-9-19-14/h2-5,11,14,16H,6-10H2,1H3. The Labute approximate surface area is 118 Å². The molecule has 0 aliphatic carbocycles. The van der Waals surface area contributed by atoms with Gasteiger partial charge in [-0.15, -0.1) is 11.8 Å². The predicted octanol–water partition coefficient (Wildman–Crippen LogP) is 1.84. The first-order valence-corrected chi connectivity index (χ1v) is 8.02. The lowest BCUT2D eigenvalue weighted by molar-refractivity contribution is -0.131. The second-order valence-electron chi connectivity index (χ2n) is 5.34. The van der Waals surface area contributed by atoms with Gasteiger partial charge in [-0.25, -0.2) is 0 Å². The lowest BCUT2D eigenvalue weighted by Gasteiger charge is -2.35. The van der Waals surface area contributed by atoms with Crippen LogP contribution in [0.2, 0.25) is 0 Å². The van der Waals surface area contributed by atoms with Crippen molar-refractivity contribution in [2.45, 2.75) is 24.6 Å². The topological polar surface area (TPSA) is 32.3 Å². The third kappa shape index (κ3) is 2.65. The lowest BCUT2D eigenvalue weighted by Crippen LogP contribution is -2.52. The third-order valence-electron chi connectivity index (χ3n) is 3.90. The van der Waals surface area contributed by atoms with E-state index in [1.807, 2.05) is 11.0 Å². The predicted molar refractivity (Wildman–Crippen MR) is 79.4 cm³/mol. The molecular formula is C15H20N2OS. The van der Waals surface area contributed by atoms with E-state index in [1.165, 1.54) is 11.1 Å². The zero-order chi connectivity index (χ0) is 13.2. The van der Waals surface area contributed by atoms with Gasteiger partial charge in [0.25, 0.3) is 0 Å². The van der Waals surface area contributed by atoms with Gasteiger partial charge in [0.2, 0.25) is 5.91 Å². The van der Waals surface area contributed by atoms with Crippen LogP contribution in [0.25, 0.3) is 0 Å². The highest BCUT2D eigenvalue weighted by Gasteiger charge is 2.31. The van der Waals surface area contributed by atoms with Crippen LogP contribution in [0.15, 0.2) is 24.3 Å². The molecule has 19 heavy (non-hydrogen) atoms. The average Bonchev–Trinajstić information content (AvgIpc) is 2.46. The summed E-state index contributed by atoms with van der Waals surface area (Å²) < 4.78 is 0. The summed E-state index contributed by atoms with van der Waals surface area (Å²) in [5, 5.41) is 3.40. The summed E-state index contributed by atoms with van der Waals surface area (Å²) in [6.07, 6.45) is 1.09. The highest BCUT2D eigenvalue weighted by Crippen LogP contribution is 2.38. The third-order valence-corrected chi connectivity index (χ3v) is 5.13. The minimum Gasteiger partial charge on any atom is -0.339 e. The molecule has 3 rings (SSSR count). The zero-order valence-corrected chi connectivity index (χ0v) is 12.1. The molecule has 1 aromatic carbocycles. The minimum atomic E-state index is 0.00949. The molecule has 3 nitrogen and oxygen atoms in total. The highest BCUT2D eigenvalue weighted by atomic mass is 32.2. The van der Waals surface area contributed by atoms with Crippen molar-refractivity contribution in [3.63, 3.8) is 0 Å². The molecule has 2 atom stereocenters. The van der Waals surface area contributed by atoms with Crippen molar-refractivity contribution in [1.29, 1.82) is 0 Å². The summed E-state index contributed by atoms with van der Waals surface area (Å²) in [6.45, 7) is 4.72. The van der Waals surface area contributed by atoms with E-state index in [-0.39, 0.29) is 5.25 Å². The fraction of sp³-hybridized carbons (Fsp3) is 0.533. The van der Waals surface area contributed by atoms with Crippen molar-refractivity contribution < 1.29 is 4.79 Å². The quantitative estimate of drug-likeness (QED) is 0.849. The van der Waals surface area contributed by atoms with E-state index in [4.69, 9.17) is 0 Å². The zero-order valence-electron chi connectivity index (χ0n) is 11.3. The summed E-state index contributed by atoms with van der Waals surface area (Å²) in [7, 11) is 0. The van der Waals surface area contributed by atoms with Gasteiger partial charge >= 0.3 is 0 Å². The van der Waals surface area contributed by atoms with E-state index < -0.39 is 0 Å². The molecule has 1 aromatic rings. The Balaban J connectivity index is 1.81. The largest absolute Gasteiger partial charge is 0.339 e. The van der Waals surface area contributed by atoms with Crippen LogP contribution in [-0.4, -0.2) is 42.2 Å². The average molecular weight is 276 g/mol. The number of nitrogens with zero attached hydrogens (tertiary/aromatic N) is 1. The second kappa shape index (κ2) is 5.55. The van der Waals surface area contributed by atoms with Gasteiger partial charge in [-0.2, -0.15) is 0 Å². The fourth-order valence-corrected chi connectivity index (χ4v) is 4.17. The van der Waals surface area contributed by atoms with Crippen LogP contribution in [0.5, 0.6) is 0 Å². The van der Waals surface area contributed by atoms with Gasteiger partial charge in [0.15, 0.2) is 0 Å². The van der Waals surface area contributed by atoms with Crippen molar-refractivity contribution in [1.82, 2.24) is 10.2 Å². The van der Waals surface area contributed by atoms with E-state index in [0.29, 0.717) is 11.9 Å². The van der Waals surface area contributed by atoms with Gasteiger partial charge in [-0.05, 0) is 30.2 Å². The molecule has 102 valence electrons. The van der Waals surface area contributed by atoms with Gasteiger partial charge < -0.3 is 10.2 Å². The second-order valence-corrected chi connectivity index (χ2v) is 6.55. The first-order chi connectivity index (χ1) is 9.25. The van der Waals surface area contributed by atoms with E-state index in [2.05, 4.69) is 30.4 Å². The Morgan fingerprint density at radius 3 is 3.11 bits per heavy atom. The van der Waals surface area contributed by atoms with Gasteiger partial charge in [0.1, 0.15) is 5.25 Å². The number of thioether (sulfide) groups is 1. The Bertz CT molecular complexity index is 477. The number of fused-ring (bicyclic) bond motifs is 1. The van der Waals surface area contributed by atoms with E-state index in [9.17, 15) is 4.79 Å². The molecule has 0 spiro atoms. The van der Waals surface area contributed by atoms with Crippen LogP contribution in [0, 0.1) is 0 Å². The molecule has 0 aromatic heterocycles. The molecule has 1 fully saturated rings. The van der Waals surface area contributed by atoms with Crippen molar-refractivity contribution in [2.24, 2.45) is 0 Å². The number of aryl methyl sites for hydroxylation is 1. The molecule has 1 saturated heterocycles. The first-order valence-electron chi connectivity index (χ1n) is 6.97. The highest BCUT2D eigenvalue weighted by molar-refractivity contribution is 8.00. The summed E-state index contributed by atoms with van der Waals surface area (Å²) in [5.41, 5.74) is 2.58. The monoisotopic (exact) mass is 276 g/mol. The molecule has 1 amide bonds. The number of hydrogen-bond acceptors (Lipinski definition) is 3. The van der Waals surface area contributed by atoms with Crippen molar-refractivity contribution in [3.05, 3.63) is 35.4 Å². The molecule has 0 radical (unpaired) electrons. The molecule has 2 aliphatic heterocycles. The Hall–Kier alpha value is -1.00. The molecule has 2 unspecified atom stereocenters. The molecular weight excluding hydrogens is 256 g/mol. The van der Waals surface area contributed by atoms with Gasteiger partial charge in [-0.1, -0.05) is 24.3 Å². The maximum atomic E-state index is 12.7. The van der Waals surface area contributed by atoms with Crippen LogP contribution < -0.4 is 5.32 Å². The van der Waals surface area contributed by atoms with Crippen LogP contribution >= 0.6 is 11.8 Å². The number of rotatable bonds is 1. The number of carbonyl (C=O) groups is 1. The molecule has 4 heteroatoms. The van der Waals surface area contributed by atoms with Crippen molar-refractivity contribution in [2.75, 3.05) is 25.4 Å². The number of hydrogen-bond donors (Lipinski definition) is 1.